The van der Waals surface area contributed by atoms with Gasteiger partial charge in [0.15, 0.2) is 0 Å². The molecule has 0 aromatic rings. The molecule has 1 aliphatic carbocycles. The molecule has 2 heterocycles. The molecule has 3 rings (SSSR count). The Labute approximate surface area is 142 Å². The minimum atomic E-state index is -0.277. The Morgan fingerprint density at radius 1 is 0.739 bits per heavy atom. The number of hydrogen-bond donors (Lipinski definition) is 0. The standard InChI is InChI=1S/C17H32B2O4/c1-14(2)15(3,4)21-18(20-14)11-13(12-9-10-12)19-22-16(5,6)17(7,8)23-19/h12-13H,9-11H2,1-8H3. The van der Waals surface area contributed by atoms with Crippen molar-refractivity contribution in [2.75, 3.05) is 0 Å². The van der Waals surface area contributed by atoms with Crippen molar-refractivity contribution in [1.29, 1.82) is 0 Å². The van der Waals surface area contributed by atoms with Gasteiger partial charge in [-0.15, -0.1) is 0 Å². The summed E-state index contributed by atoms with van der Waals surface area (Å²) in [5, 5.41) is 0. The predicted octanol–water partition coefficient (Wildman–Crippen LogP) is 3.95. The van der Waals surface area contributed by atoms with E-state index in [-0.39, 0.29) is 36.6 Å². The Bertz CT molecular complexity index is 439. The Kier molecular flexibility index (Phi) is 4.05. The summed E-state index contributed by atoms with van der Waals surface area (Å²) in [6.45, 7) is 16.9. The van der Waals surface area contributed by atoms with Crippen molar-refractivity contribution in [3.8, 4) is 0 Å². The molecule has 6 heteroatoms. The smallest absolute Gasteiger partial charge is 0.403 e. The second kappa shape index (κ2) is 5.23. The van der Waals surface area contributed by atoms with E-state index in [0.717, 1.165) is 6.32 Å². The van der Waals surface area contributed by atoms with E-state index < -0.39 is 0 Å². The van der Waals surface area contributed by atoms with Crippen LogP contribution < -0.4 is 0 Å². The lowest BCUT2D eigenvalue weighted by Crippen LogP contribution is -2.41. The molecule has 2 aliphatic heterocycles. The van der Waals surface area contributed by atoms with Gasteiger partial charge in [0.25, 0.3) is 0 Å². The summed E-state index contributed by atoms with van der Waals surface area (Å²) >= 11 is 0. The summed E-state index contributed by atoms with van der Waals surface area (Å²) in [5.74, 6) is 1.01. The first-order valence-corrected chi connectivity index (χ1v) is 9.06. The zero-order valence-electron chi connectivity index (χ0n) is 16.1. The third-order valence-corrected chi connectivity index (χ3v) is 6.62. The van der Waals surface area contributed by atoms with Gasteiger partial charge in [-0.3, -0.25) is 0 Å². The fraction of sp³-hybridized carbons (Fsp3) is 1.00. The molecule has 0 aromatic heterocycles. The lowest BCUT2D eigenvalue weighted by Gasteiger charge is -2.32. The first-order chi connectivity index (χ1) is 10.3. The van der Waals surface area contributed by atoms with Gasteiger partial charge in [-0.25, -0.2) is 0 Å². The topological polar surface area (TPSA) is 36.9 Å². The Morgan fingerprint density at radius 3 is 1.52 bits per heavy atom. The van der Waals surface area contributed by atoms with Crippen LogP contribution in [0.4, 0.5) is 0 Å². The SMILES string of the molecule is CC1(C)OB(CC(B2OC(C)(C)C(C)(C)O2)C2CC2)OC1(C)C. The molecule has 0 amide bonds. The molecule has 0 N–H and O–H groups in total. The van der Waals surface area contributed by atoms with Gasteiger partial charge in [0, 0.05) is 0 Å². The van der Waals surface area contributed by atoms with E-state index in [1.807, 2.05) is 0 Å². The summed E-state index contributed by atoms with van der Waals surface area (Å²) in [4.78, 5) is 0. The maximum atomic E-state index is 6.31. The fourth-order valence-corrected chi connectivity index (χ4v) is 3.40. The summed E-state index contributed by atoms with van der Waals surface area (Å²) in [7, 11) is -0.337. The molecule has 0 spiro atoms. The molecule has 23 heavy (non-hydrogen) atoms. The highest BCUT2D eigenvalue weighted by Gasteiger charge is 2.59. The molecule has 1 saturated carbocycles. The zero-order valence-corrected chi connectivity index (χ0v) is 16.1. The van der Waals surface area contributed by atoms with E-state index in [2.05, 4.69) is 55.4 Å². The van der Waals surface area contributed by atoms with Crippen molar-refractivity contribution in [3.63, 3.8) is 0 Å². The van der Waals surface area contributed by atoms with E-state index in [1.54, 1.807) is 0 Å². The average Bonchev–Trinajstić information content (AvgIpc) is 3.09. The van der Waals surface area contributed by atoms with Gasteiger partial charge >= 0.3 is 14.2 Å². The van der Waals surface area contributed by atoms with Crippen LogP contribution in [0.15, 0.2) is 0 Å². The Morgan fingerprint density at radius 2 is 1.13 bits per heavy atom. The van der Waals surface area contributed by atoms with Crippen molar-refractivity contribution in [1.82, 2.24) is 0 Å². The monoisotopic (exact) mass is 322 g/mol. The molecule has 1 atom stereocenters. The molecular weight excluding hydrogens is 290 g/mol. The van der Waals surface area contributed by atoms with Crippen molar-refractivity contribution in [2.24, 2.45) is 5.92 Å². The van der Waals surface area contributed by atoms with Gasteiger partial charge in [0.2, 0.25) is 0 Å². The average molecular weight is 322 g/mol. The second-order valence-corrected chi connectivity index (χ2v) is 9.55. The fourth-order valence-electron chi connectivity index (χ4n) is 3.40. The van der Waals surface area contributed by atoms with Crippen molar-refractivity contribution in [3.05, 3.63) is 0 Å². The third-order valence-electron chi connectivity index (χ3n) is 6.62. The molecule has 4 nitrogen and oxygen atoms in total. The van der Waals surface area contributed by atoms with E-state index in [4.69, 9.17) is 18.6 Å². The first kappa shape index (κ1) is 17.8. The van der Waals surface area contributed by atoms with Gasteiger partial charge in [-0.2, -0.15) is 0 Å². The van der Waals surface area contributed by atoms with Crippen LogP contribution >= 0.6 is 0 Å². The van der Waals surface area contributed by atoms with Crippen molar-refractivity contribution < 1.29 is 18.6 Å². The van der Waals surface area contributed by atoms with Crippen molar-refractivity contribution >= 4 is 14.2 Å². The summed E-state index contributed by atoms with van der Waals surface area (Å²) < 4.78 is 25.0. The van der Waals surface area contributed by atoms with Crippen LogP contribution in [0.1, 0.15) is 68.2 Å². The van der Waals surface area contributed by atoms with Crippen LogP contribution in [-0.2, 0) is 18.6 Å². The highest BCUT2D eigenvalue weighted by molar-refractivity contribution is 6.53. The minimum absolute atomic E-state index is 0.161. The third kappa shape index (κ3) is 3.12. The highest BCUT2D eigenvalue weighted by Crippen LogP contribution is 2.52. The van der Waals surface area contributed by atoms with Crippen LogP contribution in [0.25, 0.3) is 0 Å². The van der Waals surface area contributed by atoms with Crippen LogP contribution in [0.2, 0.25) is 12.1 Å². The first-order valence-electron chi connectivity index (χ1n) is 9.06. The maximum absolute atomic E-state index is 6.31. The molecule has 2 saturated heterocycles. The summed E-state index contributed by atoms with van der Waals surface area (Å²) in [6.07, 6.45) is 3.36. The molecule has 3 aliphatic rings. The van der Waals surface area contributed by atoms with Gasteiger partial charge in [-0.05, 0) is 73.4 Å². The van der Waals surface area contributed by atoms with Gasteiger partial charge < -0.3 is 18.6 Å². The van der Waals surface area contributed by atoms with Crippen LogP contribution in [0.3, 0.4) is 0 Å². The quantitative estimate of drug-likeness (QED) is 0.735. The lowest BCUT2D eigenvalue weighted by atomic mass is 9.59. The molecule has 0 radical (unpaired) electrons. The normalized spacial score (nSPS) is 32.3. The minimum Gasteiger partial charge on any atom is -0.403 e. The van der Waals surface area contributed by atoms with E-state index in [9.17, 15) is 0 Å². The molecule has 3 fully saturated rings. The molecule has 130 valence electrons. The second-order valence-electron chi connectivity index (χ2n) is 9.55. The van der Waals surface area contributed by atoms with Crippen molar-refractivity contribution in [2.45, 2.75) is 103 Å². The largest absolute Gasteiger partial charge is 0.460 e. The Balaban J connectivity index is 1.70. The van der Waals surface area contributed by atoms with Gasteiger partial charge in [-0.1, -0.05) is 12.8 Å². The molecule has 1 unspecified atom stereocenters. The number of hydrogen-bond acceptors (Lipinski definition) is 4. The van der Waals surface area contributed by atoms with E-state index >= 15 is 0 Å². The van der Waals surface area contributed by atoms with Crippen LogP contribution in [0, 0.1) is 5.92 Å². The van der Waals surface area contributed by atoms with Gasteiger partial charge in [0.05, 0.1) is 22.4 Å². The molecule has 0 aromatic carbocycles. The lowest BCUT2D eigenvalue weighted by molar-refractivity contribution is 0.00578. The van der Waals surface area contributed by atoms with E-state index in [1.165, 1.54) is 12.8 Å². The number of rotatable bonds is 4. The molecular formula is C17H32B2O4. The van der Waals surface area contributed by atoms with Gasteiger partial charge in [0.1, 0.15) is 0 Å². The summed E-state index contributed by atoms with van der Waals surface area (Å²) in [5.41, 5.74) is -1.11. The van der Waals surface area contributed by atoms with Crippen LogP contribution in [0.5, 0.6) is 0 Å². The maximum Gasteiger partial charge on any atom is 0.460 e. The summed E-state index contributed by atoms with van der Waals surface area (Å²) in [6, 6.07) is 0. The van der Waals surface area contributed by atoms with E-state index in [0.29, 0.717) is 11.7 Å². The highest BCUT2D eigenvalue weighted by atomic mass is 16.7. The zero-order chi connectivity index (χ0) is 17.3. The Hall–Kier alpha value is -0.0301. The predicted molar refractivity (Wildman–Crippen MR) is 93.4 cm³/mol. The molecule has 0 bridgehead atoms. The van der Waals surface area contributed by atoms with Crippen LogP contribution in [-0.4, -0.2) is 36.6 Å².